The van der Waals surface area contributed by atoms with Gasteiger partial charge in [0, 0.05) is 32.0 Å². The first kappa shape index (κ1) is 10.8. The highest BCUT2D eigenvalue weighted by Gasteiger charge is 2.23. The molecule has 4 nitrogen and oxygen atoms in total. The fourth-order valence-corrected chi connectivity index (χ4v) is 1.94. The molecular formula is C12H14N2O2. The highest BCUT2D eigenvalue weighted by Crippen LogP contribution is 2.25. The molecule has 2 heterocycles. The Bertz CT molecular complexity index is 404. The van der Waals surface area contributed by atoms with Crippen molar-refractivity contribution in [1.82, 2.24) is 4.98 Å². The fourth-order valence-electron chi connectivity index (χ4n) is 1.94. The van der Waals surface area contributed by atoms with E-state index in [4.69, 9.17) is 0 Å². The average Bonchev–Trinajstić information content (AvgIpc) is 2.32. The number of unbranched alkanes of at least 4 members (excludes halogenated alkanes) is 1. The molecule has 4 heteroatoms. The highest BCUT2D eigenvalue weighted by molar-refractivity contribution is 5.95. The molecule has 1 aliphatic heterocycles. The summed E-state index contributed by atoms with van der Waals surface area (Å²) in [5.41, 5.74) is 1.89. The summed E-state index contributed by atoms with van der Waals surface area (Å²) >= 11 is 0. The third-order valence-corrected chi connectivity index (χ3v) is 2.74. The predicted octanol–water partition coefficient (Wildman–Crippen LogP) is 1.34. The van der Waals surface area contributed by atoms with Crippen LogP contribution in [0.15, 0.2) is 18.3 Å². The number of anilines is 1. The second kappa shape index (κ2) is 4.88. The van der Waals surface area contributed by atoms with Gasteiger partial charge in [-0.2, -0.15) is 0 Å². The number of amides is 1. The molecule has 1 aromatic heterocycles. The standard InChI is InChI=1S/C12H14N2O2/c15-9-2-1-8-14-11-4-3-7-13-10(11)5-6-12(14)16/h3-4,7,9H,1-2,5-6,8H2. The molecule has 0 saturated heterocycles. The first-order chi connectivity index (χ1) is 7.83. The maximum Gasteiger partial charge on any atom is 0.227 e. The first-order valence-electron chi connectivity index (χ1n) is 5.51. The van der Waals surface area contributed by atoms with Crippen molar-refractivity contribution in [3.8, 4) is 0 Å². The molecule has 0 atom stereocenters. The van der Waals surface area contributed by atoms with Crippen molar-refractivity contribution in [2.24, 2.45) is 0 Å². The van der Waals surface area contributed by atoms with Crippen molar-refractivity contribution in [2.45, 2.75) is 25.7 Å². The van der Waals surface area contributed by atoms with Gasteiger partial charge >= 0.3 is 0 Å². The number of fused-ring (bicyclic) bond motifs is 1. The molecule has 0 bridgehead atoms. The number of rotatable bonds is 4. The Labute approximate surface area is 94.3 Å². The van der Waals surface area contributed by atoms with E-state index in [1.165, 1.54) is 0 Å². The first-order valence-corrected chi connectivity index (χ1v) is 5.51. The number of aromatic nitrogens is 1. The lowest BCUT2D eigenvalue weighted by molar-refractivity contribution is -0.119. The lowest BCUT2D eigenvalue weighted by Gasteiger charge is -2.28. The number of nitrogens with zero attached hydrogens (tertiary/aromatic N) is 2. The van der Waals surface area contributed by atoms with E-state index in [1.807, 2.05) is 12.1 Å². The SMILES string of the molecule is O=CCCCN1C(=O)CCc2ncccc21. The monoisotopic (exact) mass is 218 g/mol. The van der Waals surface area contributed by atoms with Crippen molar-refractivity contribution in [3.05, 3.63) is 24.0 Å². The van der Waals surface area contributed by atoms with Gasteiger partial charge in [-0.25, -0.2) is 0 Å². The van der Waals surface area contributed by atoms with Crippen LogP contribution < -0.4 is 4.90 Å². The van der Waals surface area contributed by atoms with Crippen molar-refractivity contribution in [1.29, 1.82) is 0 Å². The molecule has 0 radical (unpaired) electrons. The summed E-state index contributed by atoms with van der Waals surface area (Å²) in [4.78, 5) is 28.0. The average molecular weight is 218 g/mol. The summed E-state index contributed by atoms with van der Waals surface area (Å²) in [7, 11) is 0. The lowest BCUT2D eigenvalue weighted by atomic mass is 10.1. The molecule has 0 spiro atoms. The number of hydrogen-bond acceptors (Lipinski definition) is 3. The minimum absolute atomic E-state index is 0.131. The van der Waals surface area contributed by atoms with E-state index in [0.29, 0.717) is 25.8 Å². The van der Waals surface area contributed by atoms with Crippen molar-refractivity contribution < 1.29 is 9.59 Å². The van der Waals surface area contributed by atoms with Crippen LogP contribution in [-0.2, 0) is 16.0 Å². The Hall–Kier alpha value is -1.71. The van der Waals surface area contributed by atoms with Gasteiger partial charge in [-0.3, -0.25) is 9.78 Å². The van der Waals surface area contributed by atoms with Crippen LogP contribution in [0, 0.1) is 0 Å². The summed E-state index contributed by atoms with van der Waals surface area (Å²) in [5, 5.41) is 0. The molecule has 1 aliphatic rings. The van der Waals surface area contributed by atoms with E-state index >= 15 is 0 Å². The van der Waals surface area contributed by atoms with Crippen LogP contribution >= 0.6 is 0 Å². The Kier molecular flexibility index (Phi) is 3.29. The Morgan fingerprint density at radius 1 is 1.44 bits per heavy atom. The largest absolute Gasteiger partial charge is 0.311 e. The van der Waals surface area contributed by atoms with Crippen LogP contribution in [0.5, 0.6) is 0 Å². The number of aldehydes is 1. The number of aryl methyl sites for hydroxylation is 1. The molecule has 0 unspecified atom stereocenters. The van der Waals surface area contributed by atoms with Crippen molar-refractivity contribution in [3.63, 3.8) is 0 Å². The molecule has 0 fully saturated rings. The molecule has 0 aromatic carbocycles. The molecule has 84 valence electrons. The van der Waals surface area contributed by atoms with Crippen LogP contribution in [0.4, 0.5) is 5.69 Å². The minimum atomic E-state index is 0.131. The molecule has 2 rings (SSSR count). The Morgan fingerprint density at radius 3 is 3.12 bits per heavy atom. The van der Waals surface area contributed by atoms with Gasteiger partial charge in [0.15, 0.2) is 0 Å². The van der Waals surface area contributed by atoms with E-state index in [2.05, 4.69) is 4.98 Å². The smallest absolute Gasteiger partial charge is 0.227 e. The summed E-state index contributed by atoms with van der Waals surface area (Å²) in [6.07, 6.45) is 5.09. The summed E-state index contributed by atoms with van der Waals surface area (Å²) < 4.78 is 0. The van der Waals surface area contributed by atoms with Crippen molar-refractivity contribution in [2.75, 3.05) is 11.4 Å². The Morgan fingerprint density at radius 2 is 2.31 bits per heavy atom. The van der Waals surface area contributed by atoms with E-state index < -0.39 is 0 Å². The van der Waals surface area contributed by atoms with E-state index in [0.717, 1.165) is 24.1 Å². The topological polar surface area (TPSA) is 50.3 Å². The molecule has 1 amide bonds. The maximum atomic E-state index is 11.8. The van der Waals surface area contributed by atoms with E-state index in [-0.39, 0.29) is 5.91 Å². The van der Waals surface area contributed by atoms with Gasteiger partial charge in [0.25, 0.3) is 0 Å². The zero-order chi connectivity index (χ0) is 11.4. The Balaban J connectivity index is 2.16. The number of pyridine rings is 1. The van der Waals surface area contributed by atoms with Gasteiger partial charge in [0.1, 0.15) is 6.29 Å². The van der Waals surface area contributed by atoms with Gasteiger partial charge in [0.2, 0.25) is 5.91 Å². The molecule has 0 saturated carbocycles. The quantitative estimate of drug-likeness (QED) is 0.566. The number of carbonyl (C=O) groups excluding carboxylic acids is 2. The molecule has 0 aliphatic carbocycles. The minimum Gasteiger partial charge on any atom is -0.311 e. The van der Waals surface area contributed by atoms with E-state index in [1.54, 1.807) is 11.1 Å². The van der Waals surface area contributed by atoms with Gasteiger partial charge in [-0.1, -0.05) is 0 Å². The third kappa shape index (κ3) is 2.10. The van der Waals surface area contributed by atoms with E-state index in [9.17, 15) is 9.59 Å². The van der Waals surface area contributed by atoms with Gasteiger partial charge in [-0.15, -0.1) is 0 Å². The normalized spacial score (nSPS) is 14.8. The predicted molar refractivity (Wildman–Crippen MR) is 60.2 cm³/mol. The second-order valence-electron chi connectivity index (χ2n) is 3.82. The molecule has 16 heavy (non-hydrogen) atoms. The fraction of sp³-hybridized carbons (Fsp3) is 0.417. The van der Waals surface area contributed by atoms with Crippen LogP contribution in [0.25, 0.3) is 0 Å². The molecule has 1 aromatic rings. The summed E-state index contributed by atoms with van der Waals surface area (Å²) in [5.74, 6) is 0.131. The van der Waals surface area contributed by atoms with Gasteiger partial charge < -0.3 is 9.69 Å². The third-order valence-electron chi connectivity index (χ3n) is 2.74. The summed E-state index contributed by atoms with van der Waals surface area (Å²) in [6, 6.07) is 3.75. The van der Waals surface area contributed by atoms with Gasteiger partial charge in [0.05, 0.1) is 11.4 Å². The van der Waals surface area contributed by atoms with Crippen LogP contribution in [-0.4, -0.2) is 23.7 Å². The zero-order valence-corrected chi connectivity index (χ0v) is 9.06. The van der Waals surface area contributed by atoms with Crippen LogP contribution in [0.2, 0.25) is 0 Å². The van der Waals surface area contributed by atoms with Crippen molar-refractivity contribution >= 4 is 17.9 Å². The second-order valence-corrected chi connectivity index (χ2v) is 3.82. The van der Waals surface area contributed by atoms with Crippen LogP contribution in [0.1, 0.15) is 25.0 Å². The number of carbonyl (C=O) groups is 2. The molecular weight excluding hydrogens is 204 g/mol. The number of hydrogen-bond donors (Lipinski definition) is 0. The summed E-state index contributed by atoms with van der Waals surface area (Å²) in [6.45, 7) is 0.607. The van der Waals surface area contributed by atoms with Crippen LogP contribution in [0.3, 0.4) is 0 Å². The van der Waals surface area contributed by atoms with Gasteiger partial charge in [-0.05, 0) is 18.6 Å². The molecule has 0 N–H and O–H groups in total. The lowest BCUT2D eigenvalue weighted by Crippen LogP contribution is -2.36. The highest BCUT2D eigenvalue weighted by atomic mass is 16.2. The maximum absolute atomic E-state index is 11.8. The zero-order valence-electron chi connectivity index (χ0n) is 9.06.